The van der Waals surface area contributed by atoms with Crippen molar-refractivity contribution in [2.24, 2.45) is 5.92 Å². The Hall–Kier alpha value is -0.630. The number of hydrogen-bond acceptors (Lipinski definition) is 3. The molecule has 0 saturated carbocycles. The van der Waals surface area contributed by atoms with Crippen LogP contribution in [-0.2, 0) is 20.0 Å². The summed E-state index contributed by atoms with van der Waals surface area (Å²) < 4.78 is 23.8. The molecule has 0 bridgehead atoms. The molecule has 1 rings (SSSR count). The van der Waals surface area contributed by atoms with Crippen LogP contribution in [0, 0.1) is 5.92 Å². The topological polar surface area (TPSA) is 35.5 Å². The van der Waals surface area contributed by atoms with E-state index in [9.17, 15) is 4.57 Å². The molecule has 0 saturated heterocycles. The Morgan fingerprint density at radius 3 is 2.45 bits per heavy atom. The summed E-state index contributed by atoms with van der Waals surface area (Å²) in [6.07, 6.45) is 3.16. The summed E-state index contributed by atoms with van der Waals surface area (Å²) in [5.74, 6) is 0.364. The summed E-state index contributed by atoms with van der Waals surface area (Å²) in [6.45, 7) is 7.12. The van der Waals surface area contributed by atoms with Gasteiger partial charge in [-0.1, -0.05) is 57.5 Å². The molecule has 1 unspecified atom stereocenters. The highest BCUT2D eigenvalue weighted by Gasteiger charge is 2.24. The van der Waals surface area contributed by atoms with Gasteiger partial charge in [-0.25, -0.2) is 0 Å². The molecule has 0 N–H and O–H groups in total. The largest absolute Gasteiger partial charge is 0.330 e. The zero-order valence-corrected chi connectivity index (χ0v) is 13.8. The van der Waals surface area contributed by atoms with E-state index in [0.717, 1.165) is 19.3 Å². The van der Waals surface area contributed by atoms with Crippen LogP contribution in [0.2, 0.25) is 0 Å². The third kappa shape index (κ3) is 7.23. The van der Waals surface area contributed by atoms with Gasteiger partial charge in [-0.05, 0) is 24.3 Å². The lowest BCUT2D eigenvalue weighted by Crippen LogP contribution is -2.07. The van der Waals surface area contributed by atoms with Gasteiger partial charge in [-0.2, -0.15) is 0 Å². The van der Waals surface area contributed by atoms with E-state index in [2.05, 4.69) is 19.1 Å². The molecular weight excluding hydrogens is 271 g/mol. The van der Waals surface area contributed by atoms with Gasteiger partial charge in [0.25, 0.3) is 0 Å². The van der Waals surface area contributed by atoms with E-state index in [-0.39, 0.29) is 0 Å². The molecule has 4 heteroatoms. The molecule has 1 atom stereocenters. The predicted octanol–water partition coefficient (Wildman–Crippen LogP) is 4.91. The lowest BCUT2D eigenvalue weighted by Gasteiger charge is -2.19. The summed E-state index contributed by atoms with van der Waals surface area (Å²) in [5, 5.41) is 0. The Balaban J connectivity index is 2.45. The van der Waals surface area contributed by atoms with E-state index < -0.39 is 7.60 Å². The van der Waals surface area contributed by atoms with Crippen molar-refractivity contribution in [2.75, 3.05) is 19.4 Å². The zero-order chi connectivity index (χ0) is 14.8. The highest BCUT2D eigenvalue weighted by atomic mass is 31.2. The maximum absolute atomic E-state index is 12.6. The van der Waals surface area contributed by atoms with Crippen molar-refractivity contribution in [3.8, 4) is 0 Å². The summed E-state index contributed by atoms with van der Waals surface area (Å²) >= 11 is 0. The molecule has 0 aromatic heterocycles. The molecule has 0 fully saturated rings. The molecule has 3 nitrogen and oxygen atoms in total. The second-order valence-electron chi connectivity index (χ2n) is 5.45. The van der Waals surface area contributed by atoms with E-state index in [1.165, 1.54) is 5.56 Å². The molecule has 20 heavy (non-hydrogen) atoms. The number of hydrogen-bond donors (Lipinski definition) is 0. The SMILES string of the molecule is CCCCP(=O)(OCCc1ccccc1)OCC(C)C. The zero-order valence-electron chi connectivity index (χ0n) is 12.9. The smallest absolute Gasteiger partial charge is 0.308 e. The van der Waals surface area contributed by atoms with Crippen molar-refractivity contribution in [1.29, 1.82) is 0 Å². The van der Waals surface area contributed by atoms with Gasteiger partial charge in [0, 0.05) is 0 Å². The molecule has 0 aliphatic rings. The van der Waals surface area contributed by atoms with Crippen LogP contribution in [-0.4, -0.2) is 19.4 Å². The summed E-state index contributed by atoms with van der Waals surface area (Å²) in [6, 6.07) is 10.1. The van der Waals surface area contributed by atoms with Crippen LogP contribution in [0.25, 0.3) is 0 Å². The standard InChI is InChI=1S/C16H27O3P/c1-4-5-13-20(17,19-14-15(2)3)18-12-11-16-9-7-6-8-10-16/h6-10,15H,4-5,11-14H2,1-3H3. The minimum Gasteiger partial charge on any atom is -0.308 e. The molecule has 1 aromatic carbocycles. The van der Waals surface area contributed by atoms with Crippen LogP contribution in [0.1, 0.15) is 39.2 Å². The summed E-state index contributed by atoms with van der Waals surface area (Å²) in [4.78, 5) is 0. The van der Waals surface area contributed by atoms with Crippen LogP contribution in [0.5, 0.6) is 0 Å². The van der Waals surface area contributed by atoms with Gasteiger partial charge >= 0.3 is 7.60 Å². The predicted molar refractivity (Wildman–Crippen MR) is 84.3 cm³/mol. The molecule has 1 aromatic rings. The first-order valence-corrected chi connectivity index (χ1v) is 9.20. The second kappa shape index (κ2) is 9.33. The Kier molecular flexibility index (Phi) is 8.13. The Bertz CT molecular complexity index is 403. The molecule has 0 aliphatic heterocycles. The lowest BCUT2D eigenvalue weighted by molar-refractivity contribution is 0.188. The first-order valence-electron chi connectivity index (χ1n) is 7.48. The third-order valence-corrected chi connectivity index (χ3v) is 4.89. The van der Waals surface area contributed by atoms with E-state index in [1.54, 1.807) is 0 Å². The van der Waals surface area contributed by atoms with Crippen molar-refractivity contribution in [3.05, 3.63) is 35.9 Å². The maximum Gasteiger partial charge on any atom is 0.330 e. The third-order valence-electron chi connectivity index (χ3n) is 2.91. The number of rotatable bonds is 10. The van der Waals surface area contributed by atoms with Gasteiger partial charge < -0.3 is 9.05 Å². The average Bonchev–Trinajstić information content (AvgIpc) is 2.44. The van der Waals surface area contributed by atoms with E-state index in [4.69, 9.17) is 9.05 Å². The minimum atomic E-state index is -2.93. The van der Waals surface area contributed by atoms with E-state index in [1.807, 2.05) is 32.0 Å². The van der Waals surface area contributed by atoms with Crippen molar-refractivity contribution in [3.63, 3.8) is 0 Å². The maximum atomic E-state index is 12.6. The van der Waals surface area contributed by atoms with Gasteiger partial charge in [0.05, 0.1) is 19.4 Å². The van der Waals surface area contributed by atoms with Crippen LogP contribution in [0.4, 0.5) is 0 Å². The molecule has 114 valence electrons. The van der Waals surface area contributed by atoms with Gasteiger partial charge in [0.15, 0.2) is 0 Å². The normalized spacial score (nSPS) is 14.4. The van der Waals surface area contributed by atoms with Crippen LogP contribution in [0.15, 0.2) is 30.3 Å². The van der Waals surface area contributed by atoms with Crippen molar-refractivity contribution in [1.82, 2.24) is 0 Å². The fourth-order valence-electron chi connectivity index (χ4n) is 1.73. The second-order valence-corrected chi connectivity index (χ2v) is 7.63. The van der Waals surface area contributed by atoms with Gasteiger partial charge in [-0.15, -0.1) is 0 Å². The molecule has 0 aliphatic carbocycles. The Morgan fingerprint density at radius 1 is 1.15 bits per heavy atom. The number of unbranched alkanes of at least 4 members (excludes halogenated alkanes) is 1. The van der Waals surface area contributed by atoms with Crippen LogP contribution in [0.3, 0.4) is 0 Å². The average molecular weight is 298 g/mol. The quantitative estimate of drug-likeness (QED) is 0.576. The Labute approximate surface area is 123 Å². The fourth-order valence-corrected chi connectivity index (χ4v) is 3.66. The lowest BCUT2D eigenvalue weighted by atomic mass is 10.2. The van der Waals surface area contributed by atoms with Gasteiger partial charge in [0.2, 0.25) is 0 Å². The van der Waals surface area contributed by atoms with Gasteiger partial charge in [0.1, 0.15) is 0 Å². The van der Waals surface area contributed by atoms with Crippen LogP contribution < -0.4 is 0 Å². The van der Waals surface area contributed by atoms with Crippen molar-refractivity contribution in [2.45, 2.75) is 40.0 Å². The highest BCUT2D eigenvalue weighted by molar-refractivity contribution is 7.53. The summed E-state index contributed by atoms with van der Waals surface area (Å²) in [7, 11) is -2.93. The molecular formula is C16H27O3P. The first-order chi connectivity index (χ1) is 9.56. The molecule has 0 amide bonds. The first kappa shape index (κ1) is 17.4. The molecule has 0 heterocycles. The van der Waals surface area contributed by atoms with E-state index in [0.29, 0.717) is 25.3 Å². The fraction of sp³-hybridized carbons (Fsp3) is 0.625. The minimum absolute atomic E-state index is 0.364. The molecule has 0 radical (unpaired) electrons. The van der Waals surface area contributed by atoms with E-state index >= 15 is 0 Å². The monoisotopic (exact) mass is 298 g/mol. The highest BCUT2D eigenvalue weighted by Crippen LogP contribution is 2.49. The van der Waals surface area contributed by atoms with Crippen LogP contribution >= 0.6 is 7.60 Å². The Morgan fingerprint density at radius 2 is 1.85 bits per heavy atom. The number of benzene rings is 1. The van der Waals surface area contributed by atoms with Crippen molar-refractivity contribution >= 4 is 7.60 Å². The van der Waals surface area contributed by atoms with Gasteiger partial charge in [-0.3, -0.25) is 4.57 Å². The van der Waals surface area contributed by atoms with Crippen molar-refractivity contribution < 1.29 is 13.6 Å². The molecule has 0 spiro atoms. The summed E-state index contributed by atoms with van der Waals surface area (Å²) in [5.41, 5.74) is 1.19.